The van der Waals surface area contributed by atoms with Gasteiger partial charge in [0, 0.05) is 31.8 Å². The summed E-state index contributed by atoms with van der Waals surface area (Å²) in [6, 6.07) is 17.0. The van der Waals surface area contributed by atoms with Gasteiger partial charge in [-0.05, 0) is 56.9 Å². The molecule has 0 spiro atoms. The summed E-state index contributed by atoms with van der Waals surface area (Å²) >= 11 is 0. The number of carbonyl (C=O) groups excluding carboxylic acids is 1. The fraction of sp³-hybridized carbons (Fsp3) is 0.259. The first-order valence-electron chi connectivity index (χ1n) is 12.1. The lowest BCUT2D eigenvalue weighted by Gasteiger charge is -2.16. The molecule has 5 rings (SSSR count). The van der Waals surface area contributed by atoms with Crippen LogP contribution in [0.1, 0.15) is 6.42 Å². The Morgan fingerprint density at radius 3 is 2.57 bits per heavy atom. The summed E-state index contributed by atoms with van der Waals surface area (Å²) in [7, 11) is 3.94. The van der Waals surface area contributed by atoms with Gasteiger partial charge < -0.3 is 24.6 Å². The molecule has 1 atom stereocenters. The largest absolute Gasteiger partial charge is 0.457 e. The topological polar surface area (TPSA) is 109 Å². The van der Waals surface area contributed by atoms with Crippen LogP contribution in [0.4, 0.5) is 5.82 Å². The number of amides is 1. The molecule has 1 amide bonds. The normalized spacial score (nSPS) is 15.5. The van der Waals surface area contributed by atoms with Crippen LogP contribution in [0.5, 0.6) is 23.1 Å². The number of aromatic amines is 1. The molecular formula is C27H29N7O3. The minimum atomic E-state index is 0.0186. The minimum absolute atomic E-state index is 0.0186. The van der Waals surface area contributed by atoms with Crippen molar-refractivity contribution in [2.45, 2.75) is 12.5 Å². The lowest BCUT2D eigenvalue weighted by molar-refractivity contribution is -0.125. The van der Waals surface area contributed by atoms with Gasteiger partial charge in [-0.25, -0.2) is 9.97 Å². The van der Waals surface area contributed by atoms with E-state index in [9.17, 15) is 4.79 Å². The van der Waals surface area contributed by atoms with Gasteiger partial charge in [0.1, 0.15) is 29.0 Å². The summed E-state index contributed by atoms with van der Waals surface area (Å²) < 4.78 is 12.0. The molecule has 1 unspecified atom stereocenters. The van der Waals surface area contributed by atoms with E-state index in [1.807, 2.05) is 84.6 Å². The number of fused-ring (bicyclic) bond motifs is 1. The van der Waals surface area contributed by atoms with E-state index >= 15 is 0 Å². The molecule has 3 heterocycles. The van der Waals surface area contributed by atoms with Crippen LogP contribution in [0.15, 0.2) is 73.1 Å². The smallest absolute Gasteiger partial charge is 0.246 e. The van der Waals surface area contributed by atoms with Crippen LogP contribution >= 0.6 is 0 Å². The Hall–Kier alpha value is -4.44. The highest BCUT2D eigenvalue weighted by Gasteiger charge is 2.27. The maximum absolute atomic E-state index is 12.5. The molecule has 10 heteroatoms. The number of benzene rings is 2. The number of likely N-dealkylation sites (N-methyl/N-ethyl adjacent to an activating group) is 1. The zero-order chi connectivity index (χ0) is 25.6. The number of nitrogens with one attached hydrogen (secondary N) is 2. The summed E-state index contributed by atoms with van der Waals surface area (Å²) in [6.07, 6.45) is 5.77. The molecule has 0 aliphatic carbocycles. The third-order valence-electron chi connectivity index (χ3n) is 5.91. The van der Waals surface area contributed by atoms with E-state index in [2.05, 4.69) is 25.5 Å². The molecule has 0 bridgehead atoms. The predicted molar refractivity (Wildman–Crippen MR) is 141 cm³/mol. The number of likely N-dealkylation sites (tertiary alicyclic amines) is 1. The molecule has 37 heavy (non-hydrogen) atoms. The molecule has 2 N–H and O–H groups in total. The highest BCUT2D eigenvalue weighted by Crippen LogP contribution is 2.33. The number of hydrogen-bond donors (Lipinski definition) is 2. The van der Waals surface area contributed by atoms with Crippen LogP contribution in [-0.2, 0) is 4.79 Å². The van der Waals surface area contributed by atoms with Gasteiger partial charge in [-0.15, -0.1) is 0 Å². The fourth-order valence-corrected chi connectivity index (χ4v) is 4.07. The number of H-pyrrole nitrogens is 1. The first kappa shape index (κ1) is 24.3. The van der Waals surface area contributed by atoms with E-state index in [1.54, 1.807) is 6.08 Å². The number of hydrogen-bond acceptors (Lipinski definition) is 8. The van der Waals surface area contributed by atoms with Crippen molar-refractivity contribution < 1.29 is 14.3 Å². The maximum atomic E-state index is 12.5. The average Bonchev–Trinajstić information content (AvgIpc) is 3.54. The van der Waals surface area contributed by atoms with E-state index in [0.29, 0.717) is 47.3 Å². The van der Waals surface area contributed by atoms with Crippen LogP contribution < -0.4 is 14.8 Å². The highest BCUT2D eigenvalue weighted by atomic mass is 16.5. The monoisotopic (exact) mass is 499 g/mol. The van der Waals surface area contributed by atoms with Crippen molar-refractivity contribution in [1.82, 2.24) is 30.0 Å². The zero-order valence-electron chi connectivity index (χ0n) is 20.8. The molecule has 1 saturated heterocycles. The summed E-state index contributed by atoms with van der Waals surface area (Å²) in [5.74, 6) is 3.07. The standard InChI is InChI=1S/C27H29N7O3/c1-33(2)15-6-9-23(35)34-16-14-19(17-34)30-26-24-25(31-32-26)28-18-29-27(24)37-22-12-10-21(11-13-22)36-20-7-4-3-5-8-20/h3-13,18-19H,14-17H2,1-2H3,(H2,28,29,30,31,32). The molecule has 1 aliphatic rings. The van der Waals surface area contributed by atoms with E-state index in [1.165, 1.54) is 6.33 Å². The SMILES string of the molecule is CN(C)CC=CC(=O)N1CCC(Nc2n[nH]c3ncnc(Oc4ccc(Oc5ccccc5)cc4)c23)C1. The lowest BCUT2D eigenvalue weighted by atomic mass is 10.2. The number of rotatable bonds is 9. The van der Waals surface area contributed by atoms with Crippen molar-refractivity contribution in [1.29, 1.82) is 0 Å². The lowest BCUT2D eigenvalue weighted by Crippen LogP contribution is -2.30. The number of nitrogens with zero attached hydrogens (tertiary/aromatic N) is 5. The van der Waals surface area contributed by atoms with Crippen molar-refractivity contribution >= 4 is 22.8 Å². The Morgan fingerprint density at radius 1 is 1.08 bits per heavy atom. The molecule has 0 radical (unpaired) electrons. The third kappa shape index (κ3) is 6.04. The Bertz CT molecular complexity index is 1370. The van der Waals surface area contributed by atoms with Crippen molar-refractivity contribution in [3.63, 3.8) is 0 Å². The number of aromatic nitrogens is 4. The van der Waals surface area contributed by atoms with Gasteiger partial charge in [-0.2, -0.15) is 5.10 Å². The van der Waals surface area contributed by atoms with E-state index < -0.39 is 0 Å². The summed E-state index contributed by atoms with van der Waals surface area (Å²) in [5.41, 5.74) is 0.564. The Balaban J connectivity index is 1.25. The predicted octanol–water partition coefficient (Wildman–Crippen LogP) is 4.07. The van der Waals surface area contributed by atoms with E-state index in [4.69, 9.17) is 9.47 Å². The van der Waals surface area contributed by atoms with Gasteiger partial charge in [-0.3, -0.25) is 9.89 Å². The number of carbonyl (C=O) groups is 1. The van der Waals surface area contributed by atoms with E-state index in [-0.39, 0.29) is 11.9 Å². The highest BCUT2D eigenvalue weighted by molar-refractivity contribution is 5.92. The number of anilines is 1. The summed E-state index contributed by atoms with van der Waals surface area (Å²) in [6.45, 7) is 2.00. The molecule has 190 valence electrons. The van der Waals surface area contributed by atoms with Gasteiger partial charge in [0.05, 0.1) is 0 Å². The van der Waals surface area contributed by atoms with Crippen LogP contribution in [-0.4, -0.2) is 75.6 Å². The summed E-state index contributed by atoms with van der Waals surface area (Å²) in [4.78, 5) is 25.0. The van der Waals surface area contributed by atoms with Crippen LogP contribution in [0, 0.1) is 0 Å². The average molecular weight is 500 g/mol. The second kappa shape index (κ2) is 11.1. The first-order chi connectivity index (χ1) is 18.0. The third-order valence-corrected chi connectivity index (χ3v) is 5.91. The van der Waals surface area contributed by atoms with Crippen molar-refractivity contribution in [2.24, 2.45) is 0 Å². The van der Waals surface area contributed by atoms with Gasteiger partial charge >= 0.3 is 0 Å². The molecule has 10 nitrogen and oxygen atoms in total. The van der Waals surface area contributed by atoms with Gasteiger partial charge in [0.25, 0.3) is 0 Å². The zero-order valence-corrected chi connectivity index (χ0v) is 20.8. The Morgan fingerprint density at radius 2 is 1.81 bits per heavy atom. The molecule has 4 aromatic rings. The van der Waals surface area contributed by atoms with Crippen LogP contribution in [0.25, 0.3) is 11.0 Å². The van der Waals surface area contributed by atoms with Gasteiger partial charge in [0.2, 0.25) is 11.8 Å². The Kier molecular flexibility index (Phi) is 7.27. The number of para-hydroxylation sites is 1. The number of ether oxygens (including phenoxy) is 2. The van der Waals surface area contributed by atoms with Crippen molar-refractivity contribution in [3.05, 3.63) is 73.1 Å². The quantitative estimate of drug-likeness (QED) is 0.332. The second-order valence-corrected chi connectivity index (χ2v) is 9.04. The fourth-order valence-electron chi connectivity index (χ4n) is 4.07. The summed E-state index contributed by atoms with van der Waals surface area (Å²) in [5, 5.41) is 11.4. The molecular weight excluding hydrogens is 470 g/mol. The maximum Gasteiger partial charge on any atom is 0.246 e. The molecule has 1 aliphatic heterocycles. The van der Waals surface area contributed by atoms with E-state index in [0.717, 1.165) is 18.7 Å². The van der Waals surface area contributed by atoms with Crippen LogP contribution in [0.3, 0.4) is 0 Å². The Labute approximate surface area is 214 Å². The minimum Gasteiger partial charge on any atom is -0.457 e. The molecule has 0 saturated carbocycles. The van der Waals surface area contributed by atoms with Crippen LogP contribution in [0.2, 0.25) is 0 Å². The first-order valence-corrected chi connectivity index (χ1v) is 12.1. The molecule has 1 fully saturated rings. The van der Waals surface area contributed by atoms with Gasteiger partial charge in [-0.1, -0.05) is 24.3 Å². The molecule has 2 aromatic carbocycles. The van der Waals surface area contributed by atoms with Crippen molar-refractivity contribution in [3.8, 4) is 23.1 Å². The van der Waals surface area contributed by atoms with Crippen molar-refractivity contribution in [2.75, 3.05) is 39.0 Å². The van der Waals surface area contributed by atoms with Gasteiger partial charge in [0.15, 0.2) is 11.5 Å². The second-order valence-electron chi connectivity index (χ2n) is 9.04. The molecule has 2 aromatic heterocycles.